The van der Waals surface area contributed by atoms with E-state index in [4.69, 9.17) is 9.84 Å². The number of carbonyl (C=O) groups is 1. The van der Waals surface area contributed by atoms with Gasteiger partial charge in [0.15, 0.2) is 6.61 Å². The lowest BCUT2D eigenvalue weighted by Gasteiger charge is -2.13. The van der Waals surface area contributed by atoms with Gasteiger partial charge in [0.25, 0.3) is 0 Å². The van der Waals surface area contributed by atoms with E-state index in [0.717, 1.165) is 5.39 Å². The van der Waals surface area contributed by atoms with Gasteiger partial charge in [-0.3, -0.25) is 4.98 Å². The summed E-state index contributed by atoms with van der Waals surface area (Å²) in [6, 6.07) is 9.13. The third kappa shape index (κ3) is 5.69. The van der Waals surface area contributed by atoms with Crippen molar-refractivity contribution in [1.82, 2.24) is 9.88 Å². The van der Waals surface area contributed by atoms with E-state index in [2.05, 4.69) is 30.7 Å². The molecule has 1 aromatic heterocycles. The van der Waals surface area contributed by atoms with Crippen LogP contribution in [0.1, 0.15) is 20.8 Å². The molecule has 1 N–H and O–H groups in total. The van der Waals surface area contributed by atoms with Gasteiger partial charge in [-0.1, -0.05) is 39.0 Å². The fourth-order valence-electron chi connectivity index (χ4n) is 2.00. The van der Waals surface area contributed by atoms with Gasteiger partial charge in [-0.05, 0) is 31.8 Å². The van der Waals surface area contributed by atoms with Gasteiger partial charge >= 0.3 is 5.97 Å². The van der Waals surface area contributed by atoms with Gasteiger partial charge < -0.3 is 14.7 Å². The Morgan fingerprint density at radius 2 is 1.77 bits per heavy atom. The number of nitrogens with zero attached hydrogens (tertiary/aromatic N) is 2. The molecule has 0 amide bonds. The number of aliphatic carboxylic acids is 1. The van der Waals surface area contributed by atoms with E-state index in [9.17, 15) is 4.79 Å². The minimum absolute atomic E-state index is 0.352. The lowest BCUT2D eigenvalue weighted by Crippen LogP contribution is -2.21. The van der Waals surface area contributed by atoms with E-state index >= 15 is 0 Å². The number of rotatable bonds is 6. The molecule has 0 saturated carbocycles. The van der Waals surface area contributed by atoms with Crippen molar-refractivity contribution in [2.24, 2.45) is 0 Å². The van der Waals surface area contributed by atoms with Crippen LogP contribution in [0.3, 0.4) is 0 Å². The maximum atomic E-state index is 10.4. The lowest BCUT2D eigenvalue weighted by molar-refractivity contribution is -0.139. The van der Waals surface area contributed by atoms with E-state index < -0.39 is 5.97 Å². The molecule has 1 heterocycles. The lowest BCUT2D eigenvalue weighted by atomic mass is 10.2. The van der Waals surface area contributed by atoms with Crippen LogP contribution in [-0.4, -0.2) is 47.2 Å². The number of benzene rings is 1. The monoisotopic (exact) mass is 304 g/mol. The summed E-state index contributed by atoms with van der Waals surface area (Å²) in [5.41, 5.74) is 0.682. The van der Waals surface area contributed by atoms with Crippen LogP contribution >= 0.6 is 0 Å². The second kappa shape index (κ2) is 9.73. The molecular formula is C17H24N2O3. The van der Waals surface area contributed by atoms with Crippen molar-refractivity contribution >= 4 is 16.9 Å². The number of para-hydroxylation sites is 1. The molecule has 0 bridgehead atoms. The number of carboxylic acids is 1. The van der Waals surface area contributed by atoms with Crippen LogP contribution in [0.4, 0.5) is 0 Å². The highest BCUT2D eigenvalue weighted by molar-refractivity contribution is 5.84. The zero-order valence-electron chi connectivity index (χ0n) is 13.5. The van der Waals surface area contributed by atoms with Crippen LogP contribution in [0.25, 0.3) is 10.9 Å². The molecule has 5 heteroatoms. The summed E-state index contributed by atoms with van der Waals surface area (Å²) < 4.78 is 5.12. The van der Waals surface area contributed by atoms with Crippen molar-refractivity contribution < 1.29 is 14.6 Å². The van der Waals surface area contributed by atoms with Crippen molar-refractivity contribution in [2.75, 3.05) is 26.2 Å². The minimum Gasteiger partial charge on any atom is -0.480 e. The summed E-state index contributed by atoms with van der Waals surface area (Å²) in [5.74, 6) is -0.501. The number of hydrogen-bond acceptors (Lipinski definition) is 4. The predicted octanol–water partition coefficient (Wildman–Crippen LogP) is 3.05. The third-order valence-corrected chi connectivity index (χ3v) is 3.29. The Kier molecular flexibility index (Phi) is 7.92. The maximum Gasteiger partial charge on any atom is 0.341 e. The van der Waals surface area contributed by atoms with Gasteiger partial charge in [0.2, 0.25) is 0 Å². The fraction of sp³-hybridized carbons (Fsp3) is 0.412. The molecule has 1 aromatic carbocycles. The molecule has 0 fully saturated rings. The molecule has 0 aliphatic heterocycles. The Morgan fingerprint density at radius 1 is 1.14 bits per heavy atom. The smallest absolute Gasteiger partial charge is 0.341 e. The number of fused-ring (bicyclic) bond motifs is 1. The number of pyridine rings is 1. The first-order chi connectivity index (χ1) is 10.6. The van der Waals surface area contributed by atoms with Gasteiger partial charge in [0.05, 0.1) is 0 Å². The van der Waals surface area contributed by atoms with Gasteiger partial charge in [-0.15, -0.1) is 0 Å². The highest BCUT2D eigenvalue weighted by Gasteiger charge is 2.04. The number of ether oxygens (including phenoxy) is 1. The Balaban J connectivity index is 0.000000295. The van der Waals surface area contributed by atoms with E-state index in [1.165, 1.54) is 19.6 Å². The molecule has 0 radical (unpaired) electrons. The Bertz CT molecular complexity index is 572. The van der Waals surface area contributed by atoms with Crippen molar-refractivity contribution in [1.29, 1.82) is 0 Å². The maximum absolute atomic E-state index is 10.4. The Hall–Kier alpha value is -2.14. The third-order valence-electron chi connectivity index (χ3n) is 3.29. The topological polar surface area (TPSA) is 62.7 Å². The summed E-state index contributed by atoms with van der Waals surface area (Å²) >= 11 is 0. The van der Waals surface area contributed by atoms with Gasteiger partial charge in [0.1, 0.15) is 11.3 Å². The molecule has 2 rings (SSSR count). The molecular weight excluding hydrogens is 280 g/mol. The molecule has 0 spiro atoms. The molecule has 0 saturated heterocycles. The van der Waals surface area contributed by atoms with Crippen LogP contribution in [0.5, 0.6) is 5.75 Å². The second-order valence-electron chi connectivity index (χ2n) is 4.63. The molecule has 0 unspecified atom stereocenters. The molecule has 0 atom stereocenters. The minimum atomic E-state index is -0.997. The van der Waals surface area contributed by atoms with Crippen molar-refractivity contribution in [3.63, 3.8) is 0 Å². The average molecular weight is 304 g/mol. The summed E-state index contributed by atoms with van der Waals surface area (Å²) in [6.07, 6.45) is 1.65. The standard InChI is InChI=1S/C11H9NO3.C6H15N/c13-10(14)7-15-9-5-1-3-8-4-2-6-12-11(8)9;1-4-7(5-2)6-3/h1-6H,7H2,(H,13,14);4-6H2,1-3H3. The van der Waals surface area contributed by atoms with E-state index in [-0.39, 0.29) is 6.61 Å². The molecule has 22 heavy (non-hydrogen) atoms. The van der Waals surface area contributed by atoms with Crippen LogP contribution in [-0.2, 0) is 4.79 Å². The van der Waals surface area contributed by atoms with Crippen molar-refractivity contribution in [3.05, 3.63) is 36.5 Å². The van der Waals surface area contributed by atoms with E-state index in [1.807, 2.05) is 18.2 Å². The van der Waals surface area contributed by atoms with E-state index in [0.29, 0.717) is 11.3 Å². The first kappa shape index (κ1) is 17.9. The average Bonchev–Trinajstić information content (AvgIpc) is 2.55. The SMILES string of the molecule is CCN(CC)CC.O=C(O)COc1cccc2cccnc12. The summed E-state index contributed by atoms with van der Waals surface area (Å²) in [6.45, 7) is 9.77. The summed E-state index contributed by atoms with van der Waals surface area (Å²) in [7, 11) is 0. The number of aromatic nitrogens is 1. The fourth-order valence-corrected chi connectivity index (χ4v) is 2.00. The molecule has 0 aliphatic carbocycles. The zero-order valence-corrected chi connectivity index (χ0v) is 13.5. The number of hydrogen-bond donors (Lipinski definition) is 1. The van der Waals surface area contributed by atoms with Crippen molar-refractivity contribution in [2.45, 2.75) is 20.8 Å². The molecule has 120 valence electrons. The second-order valence-corrected chi connectivity index (χ2v) is 4.63. The van der Waals surface area contributed by atoms with Crippen molar-refractivity contribution in [3.8, 4) is 5.75 Å². The quantitative estimate of drug-likeness (QED) is 0.888. The molecule has 2 aromatic rings. The highest BCUT2D eigenvalue weighted by Crippen LogP contribution is 2.22. The van der Waals surface area contributed by atoms with Crippen LogP contribution in [0, 0.1) is 0 Å². The van der Waals surface area contributed by atoms with Gasteiger partial charge in [0, 0.05) is 11.6 Å². The highest BCUT2D eigenvalue weighted by atomic mass is 16.5. The largest absolute Gasteiger partial charge is 0.480 e. The molecule has 0 aliphatic rings. The first-order valence-corrected chi connectivity index (χ1v) is 7.53. The Labute approximate surface area is 131 Å². The van der Waals surface area contributed by atoms with Crippen LogP contribution < -0.4 is 4.74 Å². The first-order valence-electron chi connectivity index (χ1n) is 7.53. The predicted molar refractivity (Wildman–Crippen MR) is 88.3 cm³/mol. The normalized spacial score (nSPS) is 10.2. The molecule has 5 nitrogen and oxygen atoms in total. The summed E-state index contributed by atoms with van der Waals surface area (Å²) in [5, 5.41) is 9.43. The van der Waals surface area contributed by atoms with Crippen LogP contribution in [0.2, 0.25) is 0 Å². The Morgan fingerprint density at radius 3 is 2.32 bits per heavy atom. The summed E-state index contributed by atoms with van der Waals surface area (Å²) in [4.78, 5) is 16.9. The van der Waals surface area contributed by atoms with Gasteiger partial charge in [-0.2, -0.15) is 0 Å². The number of carboxylic acid groups (broad SMARTS) is 1. The van der Waals surface area contributed by atoms with Crippen LogP contribution in [0.15, 0.2) is 36.5 Å². The zero-order chi connectivity index (χ0) is 16.4. The van der Waals surface area contributed by atoms with Gasteiger partial charge in [-0.25, -0.2) is 4.79 Å². The van der Waals surface area contributed by atoms with E-state index in [1.54, 1.807) is 18.3 Å².